The smallest absolute Gasteiger partial charge is 0.191 e. The van der Waals surface area contributed by atoms with Gasteiger partial charge in [0.15, 0.2) is 5.96 Å². The van der Waals surface area contributed by atoms with Gasteiger partial charge < -0.3 is 15.5 Å². The predicted octanol–water partition coefficient (Wildman–Crippen LogP) is 3.45. The average molecular weight is 467 g/mol. The number of pyridine rings is 1. The van der Waals surface area contributed by atoms with Crippen LogP contribution in [0.2, 0.25) is 0 Å². The molecule has 142 valence electrons. The van der Waals surface area contributed by atoms with Crippen LogP contribution in [0.4, 0.5) is 5.82 Å². The molecule has 1 heterocycles. The SMILES string of the molecule is CN=C(NCc1cccnc1N(C)C)NC(C)CCc1ccccc1.I. The van der Waals surface area contributed by atoms with Crippen LogP contribution in [-0.2, 0) is 13.0 Å². The largest absolute Gasteiger partial charge is 0.362 e. The van der Waals surface area contributed by atoms with Crippen LogP contribution >= 0.6 is 24.0 Å². The number of halogens is 1. The minimum Gasteiger partial charge on any atom is -0.362 e. The van der Waals surface area contributed by atoms with E-state index in [2.05, 4.69) is 63.9 Å². The second kappa shape index (κ2) is 11.7. The Morgan fingerprint density at radius 1 is 1.15 bits per heavy atom. The van der Waals surface area contributed by atoms with Crippen LogP contribution in [0, 0.1) is 0 Å². The Balaban J connectivity index is 0.00000338. The normalized spacial score (nSPS) is 12.1. The summed E-state index contributed by atoms with van der Waals surface area (Å²) in [6.07, 6.45) is 3.93. The van der Waals surface area contributed by atoms with E-state index < -0.39 is 0 Å². The zero-order valence-electron chi connectivity index (χ0n) is 16.1. The molecule has 2 aromatic rings. The van der Waals surface area contributed by atoms with Crippen molar-refractivity contribution in [2.75, 3.05) is 26.0 Å². The van der Waals surface area contributed by atoms with E-state index in [0.29, 0.717) is 12.6 Å². The van der Waals surface area contributed by atoms with Crippen molar-refractivity contribution in [3.8, 4) is 0 Å². The maximum absolute atomic E-state index is 4.43. The molecule has 1 unspecified atom stereocenters. The summed E-state index contributed by atoms with van der Waals surface area (Å²) in [5.41, 5.74) is 2.51. The number of aromatic nitrogens is 1. The lowest BCUT2D eigenvalue weighted by atomic mass is 10.1. The fraction of sp³-hybridized carbons (Fsp3) is 0.400. The van der Waals surface area contributed by atoms with Crippen molar-refractivity contribution in [3.63, 3.8) is 0 Å². The van der Waals surface area contributed by atoms with Crippen LogP contribution in [0.3, 0.4) is 0 Å². The molecule has 2 N–H and O–H groups in total. The molecule has 2 rings (SSSR count). The second-order valence-electron chi connectivity index (χ2n) is 6.38. The molecule has 26 heavy (non-hydrogen) atoms. The van der Waals surface area contributed by atoms with E-state index in [1.165, 1.54) is 5.56 Å². The molecule has 1 aromatic heterocycles. The molecule has 0 radical (unpaired) electrons. The Labute approximate surface area is 174 Å². The van der Waals surface area contributed by atoms with Gasteiger partial charge in [0.25, 0.3) is 0 Å². The lowest BCUT2D eigenvalue weighted by Gasteiger charge is -2.20. The van der Waals surface area contributed by atoms with Gasteiger partial charge in [0.05, 0.1) is 0 Å². The van der Waals surface area contributed by atoms with Crippen LogP contribution in [0.15, 0.2) is 53.7 Å². The number of nitrogens with zero attached hydrogens (tertiary/aromatic N) is 3. The molecule has 0 aliphatic rings. The summed E-state index contributed by atoms with van der Waals surface area (Å²) in [5.74, 6) is 1.79. The third-order valence-corrected chi connectivity index (χ3v) is 4.05. The Morgan fingerprint density at radius 3 is 2.54 bits per heavy atom. The summed E-state index contributed by atoms with van der Waals surface area (Å²) in [6.45, 7) is 2.87. The van der Waals surface area contributed by atoms with Crippen LogP contribution < -0.4 is 15.5 Å². The monoisotopic (exact) mass is 467 g/mol. The van der Waals surface area contributed by atoms with Crippen molar-refractivity contribution in [2.45, 2.75) is 32.4 Å². The van der Waals surface area contributed by atoms with Gasteiger partial charge in [-0.05, 0) is 31.4 Å². The first-order valence-corrected chi connectivity index (χ1v) is 8.72. The van der Waals surface area contributed by atoms with E-state index in [4.69, 9.17) is 0 Å². The quantitative estimate of drug-likeness (QED) is 0.372. The van der Waals surface area contributed by atoms with E-state index >= 15 is 0 Å². The summed E-state index contributed by atoms with van der Waals surface area (Å²) in [6, 6.07) is 15.0. The number of rotatable bonds is 7. The van der Waals surface area contributed by atoms with Gasteiger partial charge in [-0.1, -0.05) is 36.4 Å². The molecule has 0 amide bonds. The molecule has 1 atom stereocenters. The number of hydrogen-bond donors (Lipinski definition) is 2. The number of hydrogen-bond acceptors (Lipinski definition) is 3. The maximum Gasteiger partial charge on any atom is 0.191 e. The first-order chi connectivity index (χ1) is 12.1. The van der Waals surface area contributed by atoms with Crippen molar-refractivity contribution in [1.29, 1.82) is 0 Å². The number of aryl methyl sites for hydroxylation is 1. The minimum atomic E-state index is 0. The molecular formula is C20H30IN5. The van der Waals surface area contributed by atoms with E-state index in [-0.39, 0.29) is 24.0 Å². The van der Waals surface area contributed by atoms with Gasteiger partial charge in [0.1, 0.15) is 5.82 Å². The van der Waals surface area contributed by atoms with Gasteiger partial charge in [-0.3, -0.25) is 4.99 Å². The fourth-order valence-corrected chi connectivity index (χ4v) is 2.68. The van der Waals surface area contributed by atoms with Crippen LogP contribution in [0.5, 0.6) is 0 Å². The molecule has 0 aliphatic carbocycles. The molecule has 6 heteroatoms. The highest BCUT2D eigenvalue weighted by Crippen LogP contribution is 2.13. The minimum absolute atomic E-state index is 0. The summed E-state index contributed by atoms with van der Waals surface area (Å²) in [4.78, 5) is 10.8. The van der Waals surface area contributed by atoms with Crippen LogP contribution in [-0.4, -0.2) is 38.1 Å². The van der Waals surface area contributed by atoms with Crippen molar-refractivity contribution < 1.29 is 0 Å². The summed E-state index contributed by atoms with van der Waals surface area (Å²) >= 11 is 0. The zero-order valence-corrected chi connectivity index (χ0v) is 18.4. The first-order valence-electron chi connectivity index (χ1n) is 8.72. The molecule has 0 saturated carbocycles. The second-order valence-corrected chi connectivity index (χ2v) is 6.38. The van der Waals surface area contributed by atoms with Crippen molar-refractivity contribution in [1.82, 2.24) is 15.6 Å². The van der Waals surface area contributed by atoms with Gasteiger partial charge in [-0.15, -0.1) is 24.0 Å². The number of nitrogens with one attached hydrogen (secondary N) is 2. The Kier molecular flexibility index (Phi) is 10.0. The number of aliphatic imine (C=N–C) groups is 1. The molecule has 0 fully saturated rings. The maximum atomic E-state index is 4.43. The average Bonchev–Trinajstić information content (AvgIpc) is 2.64. The van der Waals surface area contributed by atoms with Gasteiger partial charge in [-0.25, -0.2) is 4.98 Å². The summed E-state index contributed by atoms with van der Waals surface area (Å²) in [5, 5.41) is 6.84. The van der Waals surface area contributed by atoms with Crippen LogP contribution in [0.25, 0.3) is 0 Å². The third-order valence-electron chi connectivity index (χ3n) is 4.05. The standard InChI is InChI=1S/C20H29N5.HI/c1-16(12-13-17-9-6-5-7-10-17)24-20(21-2)23-15-18-11-8-14-22-19(18)25(3)4;/h5-11,14,16H,12-13,15H2,1-4H3,(H2,21,23,24);1H. The fourth-order valence-electron chi connectivity index (χ4n) is 2.68. The number of anilines is 1. The lowest BCUT2D eigenvalue weighted by molar-refractivity contribution is 0.593. The highest BCUT2D eigenvalue weighted by Gasteiger charge is 2.08. The van der Waals surface area contributed by atoms with Gasteiger partial charge in [0.2, 0.25) is 0 Å². The van der Waals surface area contributed by atoms with Gasteiger partial charge in [0, 0.05) is 45.5 Å². The van der Waals surface area contributed by atoms with Crippen molar-refractivity contribution in [2.24, 2.45) is 4.99 Å². The molecule has 0 bridgehead atoms. The van der Waals surface area contributed by atoms with Crippen molar-refractivity contribution in [3.05, 3.63) is 59.8 Å². The Hall–Kier alpha value is -1.83. The molecule has 0 aliphatic heterocycles. The number of benzene rings is 1. The summed E-state index contributed by atoms with van der Waals surface area (Å²) in [7, 11) is 5.81. The first kappa shape index (κ1) is 22.2. The van der Waals surface area contributed by atoms with Gasteiger partial charge in [-0.2, -0.15) is 0 Å². The molecule has 1 aromatic carbocycles. The van der Waals surface area contributed by atoms with E-state index in [0.717, 1.165) is 30.2 Å². The lowest BCUT2D eigenvalue weighted by Crippen LogP contribution is -2.42. The third kappa shape index (κ3) is 7.19. The molecule has 0 saturated heterocycles. The molecule has 0 spiro atoms. The summed E-state index contributed by atoms with van der Waals surface area (Å²) < 4.78 is 0. The Morgan fingerprint density at radius 2 is 1.88 bits per heavy atom. The predicted molar refractivity (Wildman–Crippen MR) is 122 cm³/mol. The van der Waals surface area contributed by atoms with E-state index in [1.54, 1.807) is 7.05 Å². The highest BCUT2D eigenvalue weighted by molar-refractivity contribution is 14.0. The van der Waals surface area contributed by atoms with E-state index in [1.807, 2.05) is 31.3 Å². The van der Waals surface area contributed by atoms with Crippen LogP contribution in [0.1, 0.15) is 24.5 Å². The Bertz CT molecular complexity index is 673. The molecular weight excluding hydrogens is 437 g/mol. The topological polar surface area (TPSA) is 52.6 Å². The van der Waals surface area contributed by atoms with E-state index in [9.17, 15) is 0 Å². The van der Waals surface area contributed by atoms with Gasteiger partial charge >= 0.3 is 0 Å². The molecule has 5 nitrogen and oxygen atoms in total. The highest BCUT2D eigenvalue weighted by atomic mass is 127. The number of guanidine groups is 1. The zero-order chi connectivity index (χ0) is 18.1. The van der Waals surface area contributed by atoms with Crippen molar-refractivity contribution >= 4 is 35.8 Å².